The summed E-state index contributed by atoms with van der Waals surface area (Å²) in [6.45, 7) is 3.02. The SMILES string of the molecule is C[C@@H](NCc1ccc(OCC#N)cc1)c1ccc(Br)cc1. The van der Waals surface area contributed by atoms with E-state index in [-0.39, 0.29) is 12.6 Å². The minimum Gasteiger partial charge on any atom is -0.479 e. The van der Waals surface area contributed by atoms with Gasteiger partial charge < -0.3 is 10.1 Å². The van der Waals surface area contributed by atoms with Crippen molar-refractivity contribution >= 4 is 15.9 Å². The van der Waals surface area contributed by atoms with Gasteiger partial charge in [0.25, 0.3) is 0 Å². The van der Waals surface area contributed by atoms with E-state index in [2.05, 4.69) is 52.4 Å². The molecule has 4 heteroatoms. The first-order valence-corrected chi connectivity index (χ1v) is 7.56. The van der Waals surface area contributed by atoms with Crippen LogP contribution in [0.3, 0.4) is 0 Å². The summed E-state index contributed by atoms with van der Waals surface area (Å²) in [7, 11) is 0. The summed E-state index contributed by atoms with van der Waals surface area (Å²) in [4.78, 5) is 0. The number of benzene rings is 2. The van der Waals surface area contributed by atoms with Gasteiger partial charge in [0, 0.05) is 17.1 Å². The Balaban J connectivity index is 1.87. The van der Waals surface area contributed by atoms with Crippen molar-refractivity contribution in [1.29, 1.82) is 5.26 Å². The topological polar surface area (TPSA) is 45.0 Å². The Bertz CT molecular complexity index is 602. The zero-order valence-electron chi connectivity index (χ0n) is 11.8. The van der Waals surface area contributed by atoms with Crippen molar-refractivity contribution in [3.8, 4) is 11.8 Å². The van der Waals surface area contributed by atoms with Crippen molar-refractivity contribution in [2.24, 2.45) is 0 Å². The summed E-state index contributed by atoms with van der Waals surface area (Å²) >= 11 is 3.44. The van der Waals surface area contributed by atoms with E-state index >= 15 is 0 Å². The molecule has 0 bridgehead atoms. The molecule has 0 aliphatic carbocycles. The number of rotatable bonds is 6. The molecule has 2 aromatic carbocycles. The highest BCUT2D eigenvalue weighted by Crippen LogP contribution is 2.17. The first kappa shape index (κ1) is 15.6. The van der Waals surface area contributed by atoms with E-state index in [1.54, 1.807) is 0 Å². The van der Waals surface area contributed by atoms with Gasteiger partial charge in [-0.25, -0.2) is 0 Å². The van der Waals surface area contributed by atoms with Crippen molar-refractivity contribution in [3.63, 3.8) is 0 Å². The monoisotopic (exact) mass is 344 g/mol. The van der Waals surface area contributed by atoms with Gasteiger partial charge in [0.05, 0.1) is 0 Å². The van der Waals surface area contributed by atoms with Crippen molar-refractivity contribution in [2.45, 2.75) is 19.5 Å². The summed E-state index contributed by atoms with van der Waals surface area (Å²) in [6.07, 6.45) is 0. The molecule has 1 atom stereocenters. The van der Waals surface area contributed by atoms with Crippen LogP contribution in [0, 0.1) is 11.3 Å². The van der Waals surface area contributed by atoms with Gasteiger partial charge in [0.2, 0.25) is 0 Å². The summed E-state index contributed by atoms with van der Waals surface area (Å²) in [5, 5.41) is 12.0. The van der Waals surface area contributed by atoms with Gasteiger partial charge in [0.1, 0.15) is 11.8 Å². The number of nitrogens with one attached hydrogen (secondary N) is 1. The van der Waals surface area contributed by atoms with Crippen LogP contribution in [0.2, 0.25) is 0 Å². The van der Waals surface area contributed by atoms with Crippen LogP contribution in [0.15, 0.2) is 53.0 Å². The van der Waals surface area contributed by atoms with Crippen LogP contribution in [0.5, 0.6) is 5.75 Å². The molecule has 21 heavy (non-hydrogen) atoms. The van der Waals surface area contributed by atoms with E-state index in [0.717, 1.165) is 16.8 Å². The number of hydrogen-bond donors (Lipinski definition) is 1. The fourth-order valence-corrected chi connectivity index (χ4v) is 2.22. The molecule has 0 amide bonds. The lowest BCUT2D eigenvalue weighted by Gasteiger charge is -2.14. The first-order chi connectivity index (χ1) is 10.2. The quantitative estimate of drug-likeness (QED) is 0.853. The lowest BCUT2D eigenvalue weighted by Crippen LogP contribution is -2.17. The molecule has 2 rings (SSSR count). The third kappa shape index (κ3) is 4.89. The largest absolute Gasteiger partial charge is 0.479 e. The Morgan fingerprint density at radius 2 is 1.81 bits per heavy atom. The van der Waals surface area contributed by atoms with E-state index in [9.17, 15) is 0 Å². The molecule has 0 aliphatic heterocycles. The van der Waals surface area contributed by atoms with Crippen LogP contribution >= 0.6 is 15.9 Å². The minimum absolute atomic E-state index is 0.0815. The van der Waals surface area contributed by atoms with Crippen LogP contribution in [-0.4, -0.2) is 6.61 Å². The molecule has 0 spiro atoms. The Labute approximate surface area is 133 Å². The maximum atomic E-state index is 8.46. The van der Waals surface area contributed by atoms with Gasteiger partial charge in [0.15, 0.2) is 6.61 Å². The lowest BCUT2D eigenvalue weighted by molar-refractivity contribution is 0.368. The van der Waals surface area contributed by atoms with Gasteiger partial charge in [-0.15, -0.1) is 0 Å². The Morgan fingerprint density at radius 1 is 1.14 bits per heavy atom. The zero-order valence-corrected chi connectivity index (χ0v) is 13.4. The predicted molar refractivity (Wildman–Crippen MR) is 86.9 cm³/mol. The highest BCUT2D eigenvalue weighted by molar-refractivity contribution is 9.10. The molecule has 0 radical (unpaired) electrons. The molecule has 1 N–H and O–H groups in total. The Hall–Kier alpha value is -1.83. The molecule has 0 aromatic heterocycles. The van der Waals surface area contributed by atoms with E-state index in [0.29, 0.717) is 0 Å². The van der Waals surface area contributed by atoms with E-state index in [1.165, 1.54) is 11.1 Å². The summed E-state index contributed by atoms with van der Waals surface area (Å²) in [6, 6.07) is 18.4. The summed E-state index contributed by atoms with van der Waals surface area (Å²) < 4.78 is 6.32. The van der Waals surface area contributed by atoms with Gasteiger partial charge in [-0.3, -0.25) is 0 Å². The van der Waals surface area contributed by atoms with E-state index < -0.39 is 0 Å². The van der Waals surface area contributed by atoms with Crippen molar-refractivity contribution in [3.05, 3.63) is 64.1 Å². The van der Waals surface area contributed by atoms with Gasteiger partial charge in [-0.2, -0.15) is 5.26 Å². The fourth-order valence-electron chi connectivity index (χ4n) is 1.96. The third-order valence-corrected chi connectivity index (χ3v) is 3.74. The van der Waals surface area contributed by atoms with Crippen LogP contribution < -0.4 is 10.1 Å². The first-order valence-electron chi connectivity index (χ1n) is 6.76. The second-order valence-electron chi connectivity index (χ2n) is 4.74. The summed E-state index contributed by atoms with van der Waals surface area (Å²) in [5.74, 6) is 0.723. The molecule has 0 saturated heterocycles. The van der Waals surface area contributed by atoms with Crippen LogP contribution in [0.1, 0.15) is 24.1 Å². The van der Waals surface area contributed by atoms with Crippen LogP contribution in [-0.2, 0) is 6.54 Å². The molecule has 108 valence electrons. The second kappa shape index (κ2) is 7.82. The molecule has 0 unspecified atom stereocenters. The van der Waals surface area contributed by atoms with E-state index in [1.807, 2.05) is 30.3 Å². The van der Waals surface area contributed by atoms with Gasteiger partial charge in [-0.1, -0.05) is 40.2 Å². The molecule has 2 aromatic rings. The molecule has 0 fully saturated rings. The zero-order chi connectivity index (χ0) is 15.1. The molecule has 0 saturated carbocycles. The van der Waals surface area contributed by atoms with Gasteiger partial charge in [-0.05, 0) is 42.3 Å². The predicted octanol–water partition coefficient (Wildman–Crippen LogP) is 4.20. The lowest BCUT2D eigenvalue weighted by atomic mass is 10.1. The molecular formula is C17H17BrN2O. The number of halogens is 1. The second-order valence-corrected chi connectivity index (χ2v) is 5.66. The van der Waals surface area contributed by atoms with Crippen molar-refractivity contribution in [1.82, 2.24) is 5.32 Å². The number of nitrogens with zero attached hydrogens (tertiary/aromatic N) is 1. The molecular weight excluding hydrogens is 328 g/mol. The van der Waals surface area contributed by atoms with Crippen molar-refractivity contribution < 1.29 is 4.74 Å². The van der Waals surface area contributed by atoms with Gasteiger partial charge >= 0.3 is 0 Å². The smallest absolute Gasteiger partial charge is 0.174 e. The average Bonchev–Trinajstić information content (AvgIpc) is 2.52. The normalized spacial score (nSPS) is 11.7. The molecule has 0 heterocycles. The van der Waals surface area contributed by atoms with Crippen LogP contribution in [0.25, 0.3) is 0 Å². The Morgan fingerprint density at radius 3 is 2.43 bits per heavy atom. The maximum absolute atomic E-state index is 8.46. The highest BCUT2D eigenvalue weighted by atomic mass is 79.9. The number of ether oxygens (including phenoxy) is 1. The average molecular weight is 345 g/mol. The summed E-state index contributed by atoms with van der Waals surface area (Å²) in [5.41, 5.74) is 2.44. The Kier molecular flexibility index (Phi) is 5.79. The fraction of sp³-hybridized carbons (Fsp3) is 0.235. The number of nitriles is 1. The highest BCUT2D eigenvalue weighted by Gasteiger charge is 2.04. The van der Waals surface area contributed by atoms with Crippen LogP contribution in [0.4, 0.5) is 0 Å². The van der Waals surface area contributed by atoms with Crippen molar-refractivity contribution in [2.75, 3.05) is 6.61 Å². The third-order valence-electron chi connectivity index (χ3n) is 3.21. The molecule has 3 nitrogen and oxygen atoms in total. The maximum Gasteiger partial charge on any atom is 0.174 e. The van der Waals surface area contributed by atoms with E-state index in [4.69, 9.17) is 10.00 Å². The standard InChI is InChI=1S/C17H17BrN2O/c1-13(15-4-6-16(18)7-5-15)20-12-14-2-8-17(9-3-14)21-11-10-19/h2-9,13,20H,11-12H2,1H3/t13-/m1/s1. The molecule has 0 aliphatic rings. The number of hydrogen-bond acceptors (Lipinski definition) is 3. The minimum atomic E-state index is 0.0815.